The molecule has 0 aromatic heterocycles. The second-order valence-corrected chi connectivity index (χ2v) is 10.0. The quantitative estimate of drug-likeness (QED) is 0.330. The molecule has 1 aliphatic heterocycles. The summed E-state index contributed by atoms with van der Waals surface area (Å²) in [6.45, 7) is 6.68. The fourth-order valence-electron chi connectivity index (χ4n) is 3.31. The van der Waals surface area contributed by atoms with Crippen molar-refractivity contribution >= 4 is 51.7 Å². The molecule has 1 aliphatic carbocycles. The van der Waals surface area contributed by atoms with E-state index in [0.717, 1.165) is 36.3 Å². The monoisotopic (exact) mass is 504 g/mol. The molecule has 148 valence electrons. The maximum absolute atomic E-state index is 12.4. The van der Waals surface area contributed by atoms with E-state index in [1.807, 2.05) is 18.7 Å². The van der Waals surface area contributed by atoms with E-state index < -0.39 is 10.0 Å². The van der Waals surface area contributed by atoms with Gasteiger partial charge < -0.3 is 10.6 Å². The summed E-state index contributed by atoms with van der Waals surface area (Å²) in [6.07, 6.45) is 4.88. The third-order valence-corrected chi connectivity index (χ3v) is 7.40. The Morgan fingerprint density at radius 1 is 1.28 bits per heavy atom. The molecule has 0 aromatic carbocycles. The Kier molecular flexibility index (Phi) is 11.1. The van der Waals surface area contributed by atoms with Crippen LogP contribution in [0.4, 0.5) is 0 Å². The molecule has 1 saturated heterocycles. The lowest BCUT2D eigenvalue weighted by Gasteiger charge is -2.29. The highest BCUT2D eigenvalue weighted by atomic mass is 127. The highest BCUT2D eigenvalue weighted by Gasteiger charge is 2.24. The molecule has 0 bridgehead atoms. The van der Waals surface area contributed by atoms with Gasteiger partial charge in [0, 0.05) is 37.2 Å². The van der Waals surface area contributed by atoms with Gasteiger partial charge in [0.05, 0.1) is 12.3 Å². The third-order valence-electron chi connectivity index (χ3n) is 4.60. The Hall–Kier alpha value is 0.260. The van der Waals surface area contributed by atoms with Gasteiger partial charge in [-0.2, -0.15) is 11.8 Å². The first-order chi connectivity index (χ1) is 11.5. The number of hydrogen-bond acceptors (Lipinski definition) is 4. The predicted octanol–water partition coefficient (Wildman–Crippen LogP) is 2.12. The number of nitrogens with zero attached hydrogens (tertiary/aromatic N) is 2. The van der Waals surface area contributed by atoms with Crippen molar-refractivity contribution in [1.29, 1.82) is 0 Å². The molecule has 0 amide bonds. The van der Waals surface area contributed by atoms with E-state index in [2.05, 4.69) is 22.5 Å². The molecule has 0 radical (unpaired) electrons. The number of halogens is 1. The van der Waals surface area contributed by atoms with Crippen LogP contribution < -0.4 is 10.6 Å². The molecule has 0 spiro atoms. The van der Waals surface area contributed by atoms with Crippen molar-refractivity contribution in [2.45, 2.75) is 45.6 Å². The smallest absolute Gasteiger partial charge is 0.215 e. The average Bonchev–Trinajstić information content (AvgIpc) is 2.56. The van der Waals surface area contributed by atoms with Crippen molar-refractivity contribution in [2.24, 2.45) is 10.9 Å². The normalized spacial score (nSPS) is 25.9. The number of thioether (sulfide) groups is 1. The zero-order valence-electron chi connectivity index (χ0n) is 15.4. The van der Waals surface area contributed by atoms with Crippen LogP contribution in [0.3, 0.4) is 0 Å². The van der Waals surface area contributed by atoms with Gasteiger partial charge in [0.1, 0.15) is 0 Å². The fraction of sp³-hybridized carbons (Fsp3) is 0.938. The van der Waals surface area contributed by atoms with Gasteiger partial charge in [-0.3, -0.25) is 4.99 Å². The summed E-state index contributed by atoms with van der Waals surface area (Å²) in [5.41, 5.74) is 0. The number of hydrogen-bond donors (Lipinski definition) is 2. The van der Waals surface area contributed by atoms with Gasteiger partial charge in [-0.1, -0.05) is 19.8 Å². The van der Waals surface area contributed by atoms with E-state index in [1.165, 1.54) is 19.3 Å². The zero-order chi connectivity index (χ0) is 17.4. The van der Waals surface area contributed by atoms with Crippen LogP contribution in [-0.4, -0.2) is 68.2 Å². The molecule has 2 fully saturated rings. The molecule has 9 heteroatoms. The lowest BCUT2D eigenvalue weighted by atomic mass is 9.87. The van der Waals surface area contributed by atoms with Crippen molar-refractivity contribution in [2.75, 3.05) is 43.4 Å². The molecular formula is C16H33IN4O2S2. The van der Waals surface area contributed by atoms with Crippen molar-refractivity contribution in [3.8, 4) is 0 Å². The van der Waals surface area contributed by atoms with Crippen molar-refractivity contribution in [3.05, 3.63) is 0 Å². The van der Waals surface area contributed by atoms with E-state index in [4.69, 9.17) is 0 Å². The second-order valence-electron chi connectivity index (χ2n) is 6.70. The molecular weight excluding hydrogens is 471 g/mol. The third kappa shape index (κ3) is 8.21. The number of aliphatic imine (C=N–C) groups is 1. The molecule has 1 saturated carbocycles. The van der Waals surface area contributed by atoms with Gasteiger partial charge in [0.25, 0.3) is 0 Å². The first-order valence-corrected chi connectivity index (χ1v) is 11.9. The first kappa shape index (κ1) is 23.3. The van der Waals surface area contributed by atoms with Gasteiger partial charge in [-0.15, -0.1) is 24.0 Å². The van der Waals surface area contributed by atoms with Crippen LogP contribution in [0, 0.1) is 5.92 Å². The van der Waals surface area contributed by atoms with Crippen molar-refractivity contribution in [3.63, 3.8) is 0 Å². The summed E-state index contributed by atoms with van der Waals surface area (Å²) in [5.74, 6) is 3.38. The van der Waals surface area contributed by atoms with Crippen LogP contribution in [0.25, 0.3) is 0 Å². The summed E-state index contributed by atoms with van der Waals surface area (Å²) < 4.78 is 26.3. The Morgan fingerprint density at radius 3 is 2.64 bits per heavy atom. The standard InChI is InChI=1S/C16H32N4O2S2.HI/c1-3-17-16(19-15-6-4-5-14(2)13-15)18-7-12-24(21,22)20-8-10-23-11-9-20;/h14-15H,3-13H2,1-2H3,(H2,17,18,19);1H. The molecule has 1 heterocycles. The second kappa shape index (κ2) is 11.9. The van der Waals surface area contributed by atoms with Crippen molar-refractivity contribution in [1.82, 2.24) is 14.9 Å². The van der Waals surface area contributed by atoms with Gasteiger partial charge in [-0.25, -0.2) is 12.7 Å². The maximum Gasteiger partial charge on any atom is 0.215 e. The Labute approximate surface area is 174 Å². The average molecular weight is 505 g/mol. The highest BCUT2D eigenvalue weighted by molar-refractivity contribution is 14.0. The van der Waals surface area contributed by atoms with E-state index in [1.54, 1.807) is 4.31 Å². The summed E-state index contributed by atoms with van der Waals surface area (Å²) in [5, 5.41) is 6.72. The van der Waals surface area contributed by atoms with Crippen LogP contribution in [0.1, 0.15) is 39.5 Å². The van der Waals surface area contributed by atoms with Gasteiger partial charge in [-0.05, 0) is 25.7 Å². The summed E-state index contributed by atoms with van der Waals surface area (Å²) in [7, 11) is -3.18. The molecule has 2 unspecified atom stereocenters. The number of guanidine groups is 1. The first-order valence-electron chi connectivity index (χ1n) is 9.11. The van der Waals surface area contributed by atoms with Crippen LogP contribution in [0.15, 0.2) is 4.99 Å². The minimum atomic E-state index is -3.18. The number of sulfonamides is 1. The lowest BCUT2D eigenvalue weighted by Crippen LogP contribution is -2.45. The van der Waals surface area contributed by atoms with Gasteiger partial charge >= 0.3 is 0 Å². The van der Waals surface area contributed by atoms with Gasteiger partial charge in [0.15, 0.2) is 5.96 Å². The van der Waals surface area contributed by atoms with Crippen LogP contribution >= 0.6 is 35.7 Å². The van der Waals surface area contributed by atoms with Crippen LogP contribution in [0.5, 0.6) is 0 Å². The minimum Gasteiger partial charge on any atom is -0.357 e. The number of nitrogens with one attached hydrogen (secondary N) is 2. The molecule has 2 rings (SSSR count). The molecule has 0 aromatic rings. The predicted molar refractivity (Wildman–Crippen MR) is 119 cm³/mol. The fourth-order valence-corrected chi connectivity index (χ4v) is 5.76. The highest BCUT2D eigenvalue weighted by Crippen LogP contribution is 2.23. The number of rotatable bonds is 6. The molecule has 2 atom stereocenters. The molecule has 2 aliphatic rings. The minimum absolute atomic E-state index is 0. The van der Waals surface area contributed by atoms with Gasteiger partial charge in [0.2, 0.25) is 10.0 Å². The lowest BCUT2D eigenvalue weighted by molar-refractivity contribution is 0.324. The molecule has 25 heavy (non-hydrogen) atoms. The van der Waals surface area contributed by atoms with Crippen molar-refractivity contribution < 1.29 is 8.42 Å². The maximum atomic E-state index is 12.4. The Balaban J connectivity index is 0.00000312. The SMILES string of the molecule is CCNC(=NCCS(=O)(=O)N1CCSCC1)NC1CCCC(C)C1.I. The summed E-state index contributed by atoms with van der Waals surface area (Å²) in [4.78, 5) is 4.50. The Bertz CT molecular complexity index is 510. The van der Waals surface area contributed by atoms with E-state index >= 15 is 0 Å². The van der Waals surface area contributed by atoms with E-state index in [0.29, 0.717) is 25.7 Å². The van der Waals surface area contributed by atoms with E-state index in [9.17, 15) is 8.42 Å². The topological polar surface area (TPSA) is 73.8 Å². The molecule has 6 nitrogen and oxygen atoms in total. The zero-order valence-corrected chi connectivity index (χ0v) is 19.3. The van der Waals surface area contributed by atoms with Crippen LogP contribution in [0.2, 0.25) is 0 Å². The van der Waals surface area contributed by atoms with Crippen LogP contribution in [-0.2, 0) is 10.0 Å². The summed E-state index contributed by atoms with van der Waals surface area (Å²) in [6, 6.07) is 0.447. The molecule has 2 N–H and O–H groups in total. The Morgan fingerprint density at radius 2 is 2.00 bits per heavy atom. The van der Waals surface area contributed by atoms with E-state index in [-0.39, 0.29) is 29.7 Å². The largest absolute Gasteiger partial charge is 0.357 e. The summed E-state index contributed by atoms with van der Waals surface area (Å²) >= 11 is 1.82.